The van der Waals surface area contributed by atoms with Crippen LogP contribution in [0.3, 0.4) is 0 Å². The fourth-order valence-corrected chi connectivity index (χ4v) is 2.29. The molecule has 1 fully saturated rings. The summed E-state index contributed by atoms with van der Waals surface area (Å²) in [4.78, 5) is 20.3. The average Bonchev–Trinajstić information content (AvgIpc) is 2.41. The molecule has 2 rings (SSSR count). The molecule has 1 aromatic rings. The van der Waals surface area contributed by atoms with Gasteiger partial charge in [0.25, 0.3) is 0 Å². The predicted octanol–water partition coefficient (Wildman–Crippen LogP) is 1.28. The summed E-state index contributed by atoms with van der Waals surface area (Å²) in [5, 5.41) is 0. The van der Waals surface area contributed by atoms with Gasteiger partial charge in [-0.15, -0.1) is 0 Å². The largest absolute Gasteiger partial charge is 0.383 e. The number of aryl methyl sites for hydroxylation is 1. The van der Waals surface area contributed by atoms with Crippen LogP contribution in [-0.2, 0) is 4.79 Å². The van der Waals surface area contributed by atoms with E-state index in [4.69, 9.17) is 5.73 Å². The molecule has 1 saturated heterocycles. The summed E-state index contributed by atoms with van der Waals surface area (Å²) in [5.74, 6) is 0.899. The molecule has 2 heterocycles. The second kappa shape index (κ2) is 5.47. The number of aromatic nitrogens is 1. The zero-order valence-corrected chi connectivity index (χ0v) is 11.9. The molecule has 104 valence electrons. The highest BCUT2D eigenvalue weighted by Crippen LogP contribution is 2.20. The molecule has 0 radical (unpaired) electrons. The zero-order chi connectivity index (χ0) is 14.0. The Morgan fingerprint density at radius 1 is 1.32 bits per heavy atom. The lowest BCUT2D eigenvalue weighted by molar-refractivity contribution is -0.134. The Morgan fingerprint density at radius 3 is 2.47 bits per heavy atom. The molecule has 1 amide bonds. The lowest BCUT2D eigenvalue weighted by atomic mass is 10.1. The van der Waals surface area contributed by atoms with Crippen LogP contribution in [0.4, 0.5) is 11.5 Å². The van der Waals surface area contributed by atoms with Crippen molar-refractivity contribution >= 4 is 17.4 Å². The third-order valence-corrected chi connectivity index (χ3v) is 3.55. The summed E-state index contributed by atoms with van der Waals surface area (Å²) in [5.41, 5.74) is 7.82. The number of anilines is 2. The second-order valence-electron chi connectivity index (χ2n) is 5.36. The van der Waals surface area contributed by atoms with E-state index in [2.05, 4.69) is 16.0 Å². The van der Waals surface area contributed by atoms with Gasteiger partial charge in [-0.3, -0.25) is 4.79 Å². The van der Waals surface area contributed by atoms with E-state index in [0.29, 0.717) is 5.82 Å². The van der Waals surface area contributed by atoms with Gasteiger partial charge in [0.1, 0.15) is 5.82 Å². The van der Waals surface area contributed by atoms with E-state index in [0.717, 1.165) is 37.4 Å². The van der Waals surface area contributed by atoms with Crippen LogP contribution in [0.5, 0.6) is 0 Å². The monoisotopic (exact) mass is 262 g/mol. The van der Waals surface area contributed by atoms with Gasteiger partial charge in [0, 0.05) is 32.1 Å². The quantitative estimate of drug-likeness (QED) is 0.872. The summed E-state index contributed by atoms with van der Waals surface area (Å²) in [7, 11) is 0. The lowest BCUT2D eigenvalue weighted by Crippen LogP contribution is -2.50. The molecule has 0 aromatic carbocycles. The van der Waals surface area contributed by atoms with Crippen LogP contribution in [0.2, 0.25) is 0 Å². The van der Waals surface area contributed by atoms with E-state index in [1.807, 2.05) is 31.9 Å². The average molecular weight is 262 g/mol. The number of hydrogen-bond donors (Lipinski definition) is 1. The normalized spacial score (nSPS) is 16.0. The van der Waals surface area contributed by atoms with E-state index >= 15 is 0 Å². The van der Waals surface area contributed by atoms with Crippen LogP contribution < -0.4 is 10.6 Å². The molecule has 0 unspecified atom stereocenters. The van der Waals surface area contributed by atoms with E-state index in [1.54, 1.807) is 0 Å². The maximum Gasteiger partial charge on any atom is 0.225 e. The Labute approximate surface area is 114 Å². The van der Waals surface area contributed by atoms with Crippen LogP contribution >= 0.6 is 0 Å². The number of amides is 1. The minimum Gasteiger partial charge on any atom is -0.383 e. The van der Waals surface area contributed by atoms with Gasteiger partial charge in [0.05, 0.1) is 11.9 Å². The standard InChI is InChI=1S/C14H22N4O/c1-10(2)14(19)18-6-4-17(5-7-18)12-8-11(3)13(15)16-9-12/h8-10H,4-7H2,1-3H3,(H2,15,16). The molecule has 2 N–H and O–H groups in total. The fourth-order valence-electron chi connectivity index (χ4n) is 2.29. The minimum atomic E-state index is 0.0759. The van der Waals surface area contributed by atoms with E-state index in [-0.39, 0.29) is 11.8 Å². The number of hydrogen-bond acceptors (Lipinski definition) is 4. The highest BCUT2D eigenvalue weighted by molar-refractivity contribution is 5.78. The number of carbonyl (C=O) groups excluding carboxylic acids is 1. The number of pyridine rings is 1. The van der Waals surface area contributed by atoms with Crippen molar-refractivity contribution in [3.63, 3.8) is 0 Å². The van der Waals surface area contributed by atoms with Crippen LogP contribution in [-0.4, -0.2) is 42.0 Å². The van der Waals surface area contributed by atoms with Gasteiger partial charge in [-0.2, -0.15) is 0 Å². The van der Waals surface area contributed by atoms with E-state index in [9.17, 15) is 4.79 Å². The Balaban J connectivity index is 2.00. The third-order valence-electron chi connectivity index (χ3n) is 3.55. The molecule has 0 bridgehead atoms. The Bertz CT molecular complexity index is 465. The third kappa shape index (κ3) is 2.97. The van der Waals surface area contributed by atoms with Gasteiger partial charge in [-0.1, -0.05) is 13.8 Å². The molecule has 0 saturated carbocycles. The van der Waals surface area contributed by atoms with E-state index in [1.165, 1.54) is 0 Å². The summed E-state index contributed by atoms with van der Waals surface area (Å²) >= 11 is 0. The van der Waals surface area contributed by atoms with Gasteiger partial charge >= 0.3 is 0 Å². The van der Waals surface area contributed by atoms with Gasteiger partial charge in [0.2, 0.25) is 5.91 Å². The number of carbonyl (C=O) groups is 1. The molecule has 1 aromatic heterocycles. The van der Waals surface area contributed by atoms with Crippen LogP contribution in [0, 0.1) is 12.8 Å². The minimum absolute atomic E-state index is 0.0759. The van der Waals surface area contributed by atoms with Gasteiger partial charge in [-0.05, 0) is 18.6 Å². The number of nitrogens with zero attached hydrogens (tertiary/aromatic N) is 3. The maximum atomic E-state index is 11.9. The first kappa shape index (κ1) is 13.6. The first-order chi connectivity index (χ1) is 8.99. The predicted molar refractivity (Wildman–Crippen MR) is 77.0 cm³/mol. The van der Waals surface area contributed by atoms with Crippen molar-refractivity contribution in [1.82, 2.24) is 9.88 Å². The molecule has 1 aliphatic rings. The first-order valence-corrected chi connectivity index (χ1v) is 6.75. The van der Waals surface area contributed by atoms with Crippen molar-refractivity contribution < 1.29 is 4.79 Å². The first-order valence-electron chi connectivity index (χ1n) is 6.75. The topological polar surface area (TPSA) is 62.5 Å². The maximum absolute atomic E-state index is 11.9. The Hall–Kier alpha value is -1.78. The molecular weight excluding hydrogens is 240 g/mol. The molecule has 19 heavy (non-hydrogen) atoms. The molecule has 1 aliphatic heterocycles. The number of nitrogens with two attached hydrogens (primary N) is 1. The molecule has 0 atom stereocenters. The number of nitrogen functional groups attached to an aromatic ring is 1. The van der Waals surface area contributed by atoms with Gasteiger partial charge in [-0.25, -0.2) is 4.98 Å². The zero-order valence-electron chi connectivity index (χ0n) is 11.9. The Kier molecular flexibility index (Phi) is 3.93. The van der Waals surface area contributed by atoms with Crippen LogP contribution in [0.1, 0.15) is 19.4 Å². The SMILES string of the molecule is Cc1cc(N2CCN(C(=O)C(C)C)CC2)cnc1N. The van der Waals surface area contributed by atoms with Crippen molar-refractivity contribution in [2.24, 2.45) is 5.92 Å². The molecule has 5 heteroatoms. The van der Waals surface area contributed by atoms with Gasteiger partial charge in [0.15, 0.2) is 0 Å². The molecule has 0 aliphatic carbocycles. The van der Waals surface area contributed by atoms with Crippen molar-refractivity contribution in [3.05, 3.63) is 17.8 Å². The van der Waals surface area contributed by atoms with Crippen molar-refractivity contribution in [1.29, 1.82) is 0 Å². The summed E-state index contributed by atoms with van der Waals surface area (Å²) in [6.45, 7) is 9.11. The molecular formula is C14H22N4O. The number of piperazine rings is 1. The smallest absolute Gasteiger partial charge is 0.225 e. The van der Waals surface area contributed by atoms with Crippen LogP contribution in [0.15, 0.2) is 12.3 Å². The van der Waals surface area contributed by atoms with Crippen molar-refractivity contribution in [2.45, 2.75) is 20.8 Å². The van der Waals surface area contributed by atoms with Crippen LogP contribution in [0.25, 0.3) is 0 Å². The van der Waals surface area contributed by atoms with Crippen molar-refractivity contribution in [2.75, 3.05) is 36.8 Å². The second-order valence-corrected chi connectivity index (χ2v) is 5.36. The lowest BCUT2D eigenvalue weighted by Gasteiger charge is -2.36. The summed E-state index contributed by atoms with van der Waals surface area (Å²) < 4.78 is 0. The number of rotatable bonds is 2. The highest BCUT2D eigenvalue weighted by Gasteiger charge is 2.23. The fraction of sp³-hybridized carbons (Fsp3) is 0.571. The highest BCUT2D eigenvalue weighted by atomic mass is 16.2. The van der Waals surface area contributed by atoms with Gasteiger partial charge < -0.3 is 15.5 Å². The van der Waals surface area contributed by atoms with Crippen molar-refractivity contribution in [3.8, 4) is 0 Å². The summed E-state index contributed by atoms with van der Waals surface area (Å²) in [6, 6.07) is 2.06. The summed E-state index contributed by atoms with van der Waals surface area (Å²) in [6.07, 6.45) is 1.81. The Morgan fingerprint density at radius 2 is 1.95 bits per heavy atom. The van der Waals surface area contributed by atoms with E-state index < -0.39 is 0 Å². The molecule has 5 nitrogen and oxygen atoms in total. The molecule has 0 spiro atoms.